The number of imidazole rings is 1. The number of aromatic nitrogens is 2. The van der Waals surface area contributed by atoms with Crippen LogP contribution in [-0.4, -0.2) is 27.0 Å². The van der Waals surface area contributed by atoms with E-state index in [0.29, 0.717) is 11.5 Å². The van der Waals surface area contributed by atoms with Crippen molar-refractivity contribution in [2.24, 2.45) is 5.41 Å². The van der Waals surface area contributed by atoms with Gasteiger partial charge in [-0.15, -0.1) is 0 Å². The predicted molar refractivity (Wildman–Crippen MR) is 101 cm³/mol. The third kappa shape index (κ3) is 3.98. The normalized spacial score (nSPS) is 16.0. The summed E-state index contributed by atoms with van der Waals surface area (Å²) >= 11 is 0. The van der Waals surface area contributed by atoms with E-state index >= 15 is 0 Å². The van der Waals surface area contributed by atoms with Crippen LogP contribution in [0.2, 0.25) is 0 Å². The Morgan fingerprint density at radius 2 is 2.00 bits per heavy atom. The highest BCUT2D eigenvalue weighted by Crippen LogP contribution is 2.38. The molecule has 5 nitrogen and oxygen atoms in total. The molecule has 1 amide bonds. The summed E-state index contributed by atoms with van der Waals surface area (Å²) in [6.07, 6.45) is 0.185. The molecule has 1 heterocycles. The van der Waals surface area contributed by atoms with Gasteiger partial charge in [-0.05, 0) is 50.8 Å². The zero-order valence-corrected chi connectivity index (χ0v) is 16.2. The Kier molecular flexibility index (Phi) is 5.01. The Labute approximate surface area is 157 Å². The summed E-state index contributed by atoms with van der Waals surface area (Å²) in [5.41, 5.74) is -0.0905. The van der Waals surface area contributed by atoms with Crippen molar-refractivity contribution in [2.45, 2.75) is 71.4 Å². The number of halogens is 2. The van der Waals surface area contributed by atoms with E-state index in [1.807, 2.05) is 22.8 Å². The number of aliphatic hydroxyl groups is 1. The van der Waals surface area contributed by atoms with E-state index in [1.165, 1.54) is 13.8 Å². The van der Waals surface area contributed by atoms with Crippen LogP contribution in [0, 0.1) is 5.41 Å². The summed E-state index contributed by atoms with van der Waals surface area (Å²) in [6.45, 7) is 6.18. The number of alkyl halides is 2. The van der Waals surface area contributed by atoms with Gasteiger partial charge in [0.15, 0.2) is 0 Å². The van der Waals surface area contributed by atoms with Gasteiger partial charge in [-0.2, -0.15) is 0 Å². The molecule has 7 heteroatoms. The zero-order valence-electron chi connectivity index (χ0n) is 16.2. The number of hydrogen-bond donors (Lipinski definition) is 2. The molecule has 0 aliphatic heterocycles. The van der Waals surface area contributed by atoms with Crippen molar-refractivity contribution in [1.82, 2.24) is 9.55 Å². The van der Waals surface area contributed by atoms with Gasteiger partial charge in [-0.25, -0.2) is 13.8 Å². The summed E-state index contributed by atoms with van der Waals surface area (Å²) in [4.78, 5) is 16.9. The average Bonchev–Trinajstić information content (AvgIpc) is 2.81. The number of hydrogen-bond acceptors (Lipinski definition) is 3. The van der Waals surface area contributed by atoms with Crippen LogP contribution in [0.4, 0.5) is 14.7 Å². The predicted octanol–water partition coefficient (Wildman–Crippen LogP) is 4.61. The molecule has 0 atom stereocenters. The second-order valence-corrected chi connectivity index (χ2v) is 8.67. The van der Waals surface area contributed by atoms with Crippen LogP contribution >= 0.6 is 0 Å². The monoisotopic (exact) mass is 379 g/mol. The van der Waals surface area contributed by atoms with Gasteiger partial charge in [0.25, 0.3) is 0 Å². The maximum Gasteiger partial charge on any atom is 0.244 e. The molecule has 0 spiro atoms. The Bertz CT molecular complexity index is 849. The molecular formula is C20H27F2N3O2. The number of carbonyl (C=O) groups excluding carboxylic acids is 1. The first kappa shape index (κ1) is 19.7. The molecule has 0 bridgehead atoms. The van der Waals surface area contributed by atoms with Crippen molar-refractivity contribution in [3.63, 3.8) is 0 Å². The summed E-state index contributed by atoms with van der Waals surface area (Å²) in [5.74, 6) is -0.0865. The molecule has 3 rings (SSSR count). The molecule has 27 heavy (non-hydrogen) atoms. The van der Waals surface area contributed by atoms with Gasteiger partial charge in [0.1, 0.15) is 0 Å². The minimum atomic E-state index is -2.58. The van der Waals surface area contributed by atoms with Gasteiger partial charge in [-0.1, -0.05) is 19.9 Å². The first-order chi connectivity index (χ1) is 12.5. The van der Waals surface area contributed by atoms with E-state index in [-0.39, 0.29) is 12.5 Å². The minimum Gasteiger partial charge on any atom is -0.386 e. The molecule has 1 aliphatic rings. The molecule has 2 N–H and O–H groups in total. The summed E-state index contributed by atoms with van der Waals surface area (Å²) in [7, 11) is 0. The highest BCUT2D eigenvalue weighted by Gasteiger charge is 2.33. The van der Waals surface area contributed by atoms with Gasteiger partial charge in [0.2, 0.25) is 18.3 Å². The van der Waals surface area contributed by atoms with Gasteiger partial charge >= 0.3 is 0 Å². The van der Waals surface area contributed by atoms with E-state index in [0.717, 1.165) is 30.3 Å². The number of carbonyl (C=O) groups is 1. The maximum absolute atomic E-state index is 13.1. The van der Waals surface area contributed by atoms with E-state index in [4.69, 9.17) is 0 Å². The molecule has 1 saturated carbocycles. The molecule has 1 fully saturated rings. The Hall–Kier alpha value is -2.02. The van der Waals surface area contributed by atoms with Crippen LogP contribution in [0.15, 0.2) is 18.2 Å². The third-order valence-corrected chi connectivity index (χ3v) is 5.29. The van der Waals surface area contributed by atoms with Gasteiger partial charge in [0, 0.05) is 17.9 Å². The van der Waals surface area contributed by atoms with Gasteiger partial charge < -0.3 is 9.67 Å². The minimum absolute atomic E-state index is 0.213. The van der Waals surface area contributed by atoms with Crippen molar-refractivity contribution in [3.8, 4) is 0 Å². The average molecular weight is 379 g/mol. The van der Waals surface area contributed by atoms with Crippen molar-refractivity contribution in [3.05, 3.63) is 23.8 Å². The number of amides is 1. The van der Waals surface area contributed by atoms with Crippen LogP contribution in [0.3, 0.4) is 0 Å². The lowest BCUT2D eigenvalue weighted by Gasteiger charge is -2.29. The molecule has 0 unspecified atom stereocenters. The maximum atomic E-state index is 13.1. The van der Waals surface area contributed by atoms with Crippen LogP contribution in [0.25, 0.3) is 11.0 Å². The fourth-order valence-electron chi connectivity index (χ4n) is 3.24. The van der Waals surface area contributed by atoms with E-state index in [1.54, 1.807) is 13.8 Å². The van der Waals surface area contributed by atoms with Crippen LogP contribution in [0.5, 0.6) is 0 Å². The molecule has 1 aliphatic carbocycles. The SMILES string of the molecule is CC(C)(O)c1ccc2nc(NC(=O)CC(C)(C)C(F)F)n(C3CCC3)c2c1. The third-order valence-electron chi connectivity index (χ3n) is 5.29. The topological polar surface area (TPSA) is 67.2 Å². The van der Waals surface area contributed by atoms with Crippen LogP contribution in [-0.2, 0) is 10.4 Å². The number of fused-ring (bicyclic) bond motifs is 1. The molecule has 1 aromatic carbocycles. The van der Waals surface area contributed by atoms with Gasteiger partial charge in [0.05, 0.1) is 16.6 Å². The number of nitrogens with zero attached hydrogens (tertiary/aromatic N) is 2. The van der Waals surface area contributed by atoms with Gasteiger partial charge in [-0.3, -0.25) is 10.1 Å². The molecule has 1 aromatic heterocycles. The Morgan fingerprint density at radius 3 is 2.52 bits per heavy atom. The van der Waals surface area contributed by atoms with Crippen molar-refractivity contribution in [1.29, 1.82) is 0 Å². The lowest BCUT2D eigenvalue weighted by molar-refractivity contribution is -0.120. The Morgan fingerprint density at radius 1 is 1.33 bits per heavy atom. The largest absolute Gasteiger partial charge is 0.386 e. The highest BCUT2D eigenvalue weighted by atomic mass is 19.3. The number of anilines is 1. The van der Waals surface area contributed by atoms with E-state index in [2.05, 4.69) is 10.3 Å². The Balaban J connectivity index is 1.96. The number of rotatable bonds is 6. The fourth-order valence-corrected chi connectivity index (χ4v) is 3.24. The lowest BCUT2D eigenvalue weighted by Crippen LogP contribution is -2.29. The summed E-state index contributed by atoms with van der Waals surface area (Å²) in [6, 6.07) is 5.73. The molecule has 2 aromatic rings. The van der Waals surface area contributed by atoms with Crippen molar-refractivity contribution in [2.75, 3.05) is 5.32 Å². The van der Waals surface area contributed by atoms with E-state index < -0.39 is 23.3 Å². The fraction of sp³-hybridized carbons (Fsp3) is 0.600. The molecule has 0 radical (unpaired) electrons. The second kappa shape index (κ2) is 6.86. The first-order valence-corrected chi connectivity index (χ1v) is 9.32. The number of nitrogens with one attached hydrogen (secondary N) is 1. The quantitative estimate of drug-likeness (QED) is 0.770. The summed E-state index contributed by atoms with van der Waals surface area (Å²) in [5, 5.41) is 13.0. The first-order valence-electron chi connectivity index (χ1n) is 9.32. The molecule has 148 valence electrons. The second-order valence-electron chi connectivity index (χ2n) is 8.67. The van der Waals surface area contributed by atoms with Crippen LogP contribution < -0.4 is 5.32 Å². The molecular weight excluding hydrogens is 352 g/mol. The van der Waals surface area contributed by atoms with E-state index in [9.17, 15) is 18.7 Å². The smallest absolute Gasteiger partial charge is 0.244 e. The molecule has 0 saturated heterocycles. The standard InChI is InChI=1S/C20H27F2N3O2/c1-19(2,17(21)22)11-16(26)24-18-23-14-9-8-12(20(3,4)27)10-15(14)25(18)13-6-5-7-13/h8-10,13,17,27H,5-7,11H2,1-4H3,(H,23,24,26). The summed E-state index contributed by atoms with van der Waals surface area (Å²) < 4.78 is 28.1. The zero-order chi connectivity index (χ0) is 20.0. The van der Waals surface area contributed by atoms with Crippen LogP contribution in [0.1, 0.15) is 65.0 Å². The van der Waals surface area contributed by atoms with Crippen molar-refractivity contribution >= 4 is 22.9 Å². The van der Waals surface area contributed by atoms with Crippen molar-refractivity contribution < 1.29 is 18.7 Å². The lowest BCUT2D eigenvalue weighted by atomic mass is 9.89. The highest BCUT2D eigenvalue weighted by molar-refractivity contribution is 5.92. The number of benzene rings is 1.